The van der Waals surface area contributed by atoms with E-state index in [1.807, 2.05) is 0 Å². The summed E-state index contributed by atoms with van der Waals surface area (Å²) in [6.45, 7) is 8.47. The molecular formula is C16H27BN2O2. The molecule has 0 bridgehead atoms. The zero-order chi connectivity index (χ0) is 15.1. The second-order valence-electron chi connectivity index (χ2n) is 6.53. The normalized spacial score (nSPS) is 18.0. The third-order valence-electron chi connectivity index (χ3n) is 3.64. The monoisotopic (exact) mass is 290 g/mol. The fraction of sp³-hybridized carbons (Fsp3) is 0.625. The van der Waals surface area contributed by atoms with Gasteiger partial charge in [-0.2, -0.15) is 0 Å². The maximum Gasteiger partial charge on any atom is 0.493 e. The van der Waals surface area contributed by atoms with Crippen molar-refractivity contribution in [1.82, 2.24) is 5.32 Å². The van der Waals surface area contributed by atoms with Gasteiger partial charge >= 0.3 is 7.12 Å². The molecule has 5 heteroatoms. The smallest absolute Gasteiger partial charge is 0.407 e. The van der Waals surface area contributed by atoms with Crippen molar-refractivity contribution in [1.29, 1.82) is 0 Å². The summed E-state index contributed by atoms with van der Waals surface area (Å²) in [6, 6.07) is 8.47. The first-order valence-corrected chi connectivity index (χ1v) is 7.83. The van der Waals surface area contributed by atoms with E-state index in [9.17, 15) is 0 Å². The minimum atomic E-state index is -0.218. The second-order valence-corrected chi connectivity index (χ2v) is 6.53. The Morgan fingerprint density at radius 1 is 1.14 bits per heavy atom. The molecule has 1 aromatic carbocycles. The van der Waals surface area contributed by atoms with Gasteiger partial charge in [0, 0.05) is 25.2 Å². The summed E-state index contributed by atoms with van der Waals surface area (Å²) >= 11 is 0. The number of rotatable bonds is 7. The predicted molar refractivity (Wildman–Crippen MR) is 87.5 cm³/mol. The van der Waals surface area contributed by atoms with Crippen molar-refractivity contribution in [3.8, 4) is 0 Å². The van der Waals surface area contributed by atoms with Gasteiger partial charge in [0.15, 0.2) is 0 Å². The summed E-state index contributed by atoms with van der Waals surface area (Å²) in [4.78, 5) is 0. The first-order chi connectivity index (χ1) is 10.1. The van der Waals surface area contributed by atoms with Crippen LogP contribution in [0.5, 0.6) is 0 Å². The van der Waals surface area contributed by atoms with Gasteiger partial charge in [0.05, 0.1) is 0 Å². The van der Waals surface area contributed by atoms with Crippen molar-refractivity contribution in [3.63, 3.8) is 0 Å². The van der Waals surface area contributed by atoms with E-state index in [0.29, 0.717) is 0 Å². The molecule has 21 heavy (non-hydrogen) atoms. The van der Waals surface area contributed by atoms with Gasteiger partial charge in [-0.3, -0.25) is 0 Å². The highest BCUT2D eigenvalue weighted by atomic mass is 16.6. The van der Waals surface area contributed by atoms with Gasteiger partial charge in [-0.1, -0.05) is 38.1 Å². The summed E-state index contributed by atoms with van der Waals surface area (Å²) < 4.78 is 11.6. The number of nitrogens with one attached hydrogen (secondary N) is 1. The topological polar surface area (TPSA) is 56.5 Å². The van der Waals surface area contributed by atoms with E-state index in [0.717, 1.165) is 51.2 Å². The molecule has 116 valence electrons. The number of unbranched alkanes of at least 4 members (excludes halogenated alkanes) is 1. The number of benzene rings is 1. The van der Waals surface area contributed by atoms with Gasteiger partial charge in [-0.05, 0) is 37.0 Å². The fourth-order valence-electron chi connectivity index (χ4n) is 2.30. The van der Waals surface area contributed by atoms with Crippen LogP contribution in [0.25, 0.3) is 0 Å². The molecule has 1 aromatic rings. The highest BCUT2D eigenvalue weighted by Crippen LogP contribution is 2.21. The van der Waals surface area contributed by atoms with Crippen LogP contribution in [0.15, 0.2) is 24.3 Å². The Bertz CT molecular complexity index is 413. The third-order valence-corrected chi connectivity index (χ3v) is 3.64. The average molecular weight is 290 g/mol. The van der Waals surface area contributed by atoms with Crippen molar-refractivity contribution < 1.29 is 9.31 Å². The van der Waals surface area contributed by atoms with Gasteiger partial charge in [0.25, 0.3) is 0 Å². The summed E-state index contributed by atoms with van der Waals surface area (Å²) in [6.07, 6.45) is 2.22. The molecule has 1 saturated heterocycles. The number of hydrogen-bond acceptors (Lipinski definition) is 4. The molecule has 0 saturated carbocycles. The molecule has 0 atom stereocenters. The molecule has 4 nitrogen and oxygen atoms in total. The molecule has 0 spiro atoms. The zero-order valence-corrected chi connectivity index (χ0v) is 13.2. The highest BCUT2D eigenvalue weighted by Gasteiger charge is 2.33. The largest absolute Gasteiger partial charge is 0.493 e. The summed E-state index contributed by atoms with van der Waals surface area (Å²) in [5.41, 5.74) is 7.96. The van der Waals surface area contributed by atoms with Gasteiger partial charge in [0.1, 0.15) is 0 Å². The lowest BCUT2D eigenvalue weighted by Crippen LogP contribution is -2.47. The van der Waals surface area contributed by atoms with Crippen LogP contribution in [0.2, 0.25) is 0 Å². The highest BCUT2D eigenvalue weighted by molar-refractivity contribution is 6.61. The minimum absolute atomic E-state index is 0.115. The van der Waals surface area contributed by atoms with Gasteiger partial charge < -0.3 is 20.4 Å². The van der Waals surface area contributed by atoms with E-state index in [2.05, 4.69) is 43.4 Å². The summed E-state index contributed by atoms with van der Waals surface area (Å²) in [5, 5.41) is 3.43. The van der Waals surface area contributed by atoms with Crippen LogP contribution in [0.3, 0.4) is 0 Å². The molecule has 1 fully saturated rings. The van der Waals surface area contributed by atoms with E-state index < -0.39 is 0 Å². The lowest BCUT2D eigenvalue weighted by atomic mass is 9.76. The molecule has 0 unspecified atom stereocenters. The van der Waals surface area contributed by atoms with Crippen molar-refractivity contribution in [3.05, 3.63) is 29.8 Å². The van der Waals surface area contributed by atoms with Crippen molar-refractivity contribution in [2.75, 3.05) is 26.3 Å². The van der Waals surface area contributed by atoms with E-state index in [1.54, 1.807) is 0 Å². The first kappa shape index (κ1) is 16.5. The summed E-state index contributed by atoms with van der Waals surface area (Å²) in [7, 11) is -0.218. The lowest BCUT2D eigenvalue weighted by Gasteiger charge is -2.33. The van der Waals surface area contributed by atoms with E-state index in [1.165, 1.54) is 5.56 Å². The molecular weight excluding hydrogens is 263 g/mol. The van der Waals surface area contributed by atoms with E-state index in [4.69, 9.17) is 15.0 Å². The lowest BCUT2D eigenvalue weighted by molar-refractivity contribution is 0.0343. The van der Waals surface area contributed by atoms with Crippen LogP contribution in [-0.4, -0.2) is 33.4 Å². The molecule has 0 aromatic heterocycles. The average Bonchev–Trinajstić information content (AvgIpc) is 2.48. The Balaban J connectivity index is 1.77. The maximum atomic E-state index is 5.79. The Morgan fingerprint density at radius 2 is 1.81 bits per heavy atom. The van der Waals surface area contributed by atoms with Crippen LogP contribution in [-0.2, 0) is 15.9 Å². The van der Waals surface area contributed by atoms with Crippen molar-refractivity contribution in [2.24, 2.45) is 11.1 Å². The maximum absolute atomic E-state index is 5.79. The third kappa shape index (κ3) is 5.43. The quantitative estimate of drug-likeness (QED) is 0.587. The van der Waals surface area contributed by atoms with Crippen LogP contribution in [0.4, 0.5) is 0 Å². The molecule has 2 rings (SSSR count). The van der Waals surface area contributed by atoms with Gasteiger partial charge in [-0.25, -0.2) is 0 Å². The Hall–Kier alpha value is -0.875. The molecule has 1 aliphatic rings. The number of hydrogen-bond donors (Lipinski definition) is 2. The molecule has 0 radical (unpaired) electrons. The molecule has 0 aliphatic carbocycles. The molecule has 1 heterocycles. The van der Waals surface area contributed by atoms with Gasteiger partial charge in [0.2, 0.25) is 0 Å². The Kier molecular flexibility index (Phi) is 6.24. The predicted octanol–water partition coefficient (Wildman–Crippen LogP) is 1.28. The minimum Gasteiger partial charge on any atom is -0.407 e. The molecule has 0 amide bonds. The van der Waals surface area contributed by atoms with E-state index >= 15 is 0 Å². The molecule has 1 aliphatic heterocycles. The van der Waals surface area contributed by atoms with Crippen LogP contribution in [0.1, 0.15) is 32.3 Å². The zero-order valence-electron chi connectivity index (χ0n) is 13.2. The fourth-order valence-corrected chi connectivity index (χ4v) is 2.30. The van der Waals surface area contributed by atoms with E-state index in [-0.39, 0.29) is 12.5 Å². The van der Waals surface area contributed by atoms with Crippen LogP contribution in [0, 0.1) is 5.41 Å². The van der Waals surface area contributed by atoms with Gasteiger partial charge in [-0.15, -0.1) is 0 Å². The van der Waals surface area contributed by atoms with Crippen LogP contribution >= 0.6 is 0 Å². The SMILES string of the molecule is CC1(C)COB(c2ccc(CNCCCCN)cc2)OC1. The van der Waals surface area contributed by atoms with Crippen LogP contribution < -0.4 is 16.5 Å². The first-order valence-electron chi connectivity index (χ1n) is 7.83. The Labute approximate surface area is 128 Å². The second kappa shape index (κ2) is 7.94. The number of nitrogens with two attached hydrogens (primary N) is 1. The van der Waals surface area contributed by atoms with Crippen molar-refractivity contribution in [2.45, 2.75) is 33.2 Å². The molecule has 3 N–H and O–H groups in total. The standard InChI is InChI=1S/C16H27BN2O2/c1-16(2)12-20-17(21-13-16)15-7-5-14(6-8-15)11-19-10-4-3-9-18/h5-8,19H,3-4,9-13,18H2,1-2H3. The Morgan fingerprint density at radius 3 is 2.43 bits per heavy atom. The van der Waals surface area contributed by atoms with Crippen molar-refractivity contribution >= 4 is 12.6 Å². The summed E-state index contributed by atoms with van der Waals surface area (Å²) in [5.74, 6) is 0.